The van der Waals surface area contributed by atoms with E-state index in [-0.39, 0.29) is 12.4 Å². The zero-order chi connectivity index (χ0) is 18.1. The van der Waals surface area contributed by atoms with Crippen LogP contribution in [0.2, 0.25) is 0 Å². The Hall–Kier alpha value is -2.05. The van der Waals surface area contributed by atoms with Gasteiger partial charge in [-0.15, -0.1) is 11.3 Å². The van der Waals surface area contributed by atoms with E-state index in [0.29, 0.717) is 6.04 Å². The zero-order valence-corrected chi connectivity index (χ0v) is 15.6. The van der Waals surface area contributed by atoms with Crippen LogP contribution in [0.5, 0.6) is 0 Å². The number of halogens is 1. The molecule has 4 rings (SSSR count). The quantitative estimate of drug-likeness (QED) is 0.731. The Morgan fingerprint density at radius 3 is 2.81 bits per heavy atom. The van der Waals surface area contributed by atoms with Crippen molar-refractivity contribution in [3.05, 3.63) is 41.3 Å². The highest BCUT2D eigenvalue weighted by Crippen LogP contribution is 2.42. The van der Waals surface area contributed by atoms with Gasteiger partial charge in [0.25, 0.3) is 0 Å². The molecular weight excluding hydrogens is 349 g/mol. The molecule has 3 heterocycles. The van der Waals surface area contributed by atoms with Gasteiger partial charge in [-0.3, -0.25) is 0 Å². The number of aryl methyl sites for hydroxylation is 1. The second-order valence-corrected chi connectivity index (χ2v) is 7.98. The fourth-order valence-corrected chi connectivity index (χ4v) is 4.95. The van der Waals surface area contributed by atoms with E-state index in [9.17, 15) is 9.50 Å². The molecule has 3 aromatic rings. The van der Waals surface area contributed by atoms with Crippen molar-refractivity contribution in [3.8, 4) is 11.1 Å². The Balaban J connectivity index is 1.89. The van der Waals surface area contributed by atoms with Crippen molar-refractivity contribution in [2.24, 2.45) is 0 Å². The monoisotopic (exact) mass is 371 g/mol. The van der Waals surface area contributed by atoms with Crippen LogP contribution in [0, 0.1) is 12.7 Å². The molecule has 6 heteroatoms. The summed E-state index contributed by atoms with van der Waals surface area (Å²) in [4.78, 5) is 13.6. The molecule has 0 amide bonds. The number of anilines is 1. The van der Waals surface area contributed by atoms with E-state index in [1.807, 2.05) is 12.1 Å². The number of benzene rings is 1. The van der Waals surface area contributed by atoms with Crippen LogP contribution in [-0.4, -0.2) is 34.3 Å². The molecular formula is C20H22FN3OS. The van der Waals surface area contributed by atoms with E-state index in [1.165, 1.54) is 18.6 Å². The first-order chi connectivity index (χ1) is 12.7. The first kappa shape index (κ1) is 17.4. The van der Waals surface area contributed by atoms with Crippen LogP contribution in [0.1, 0.15) is 30.6 Å². The van der Waals surface area contributed by atoms with Crippen LogP contribution in [0.25, 0.3) is 21.3 Å². The maximum Gasteiger partial charge on any atom is 0.141 e. The lowest BCUT2D eigenvalue weighted by atomic mass is 9.98. The van der Waals surface area contributed by atoms with Gasteiger partial charge in [-0.25, -0.2) is 14.4 Å². The van der Waals surface area contributed by atoms with Gasteiger partial charge in [-0.2, -0.15) is 0 Å². The van der Waals surface area contributed by atoms with Gasteiger partial charge >= 0.3 is 0 Å². The first-order valence-electron chi connectivity index (χ1n) is 9.06. The number of hydrogen-bond acceptors (Lipinski definition) is 5. The highest BCUT2D eigenvalue weighted by molar-refractivity contribution is 7.19. The summed E-state index contributed by atoms with van der Waals surface area (Å²) in [7, 11) is 0. The SMILES string of the molecule is Cc1sc2ncnc(N3CCCCC3CCO)c2c1-c1ccc(F)cc1. The molecule has 1 aliphatic rings. The van der Waals surface area contributed by atoms with E-state index in [2.05, 4.69) is 21.8 Å². The number of nitrogens with zero attached hydrogens (tertiary/aromatic N) is 3. The molecule has 136 valence electrons. The molecule has 1 N–H and O–H groups in total. The third-order valence-corrected chi connectivity index (χ3v) is 6.15. The van der Waals surface area contributed by atoms with Crippen molar-refractivity contribution in [1.29, 1.82) is 0 Å². The summed E-state index contributed by atoms with van der Waals surface area (Å²) in [6, 6.07) is 6.94. The second kappa shape index (κ2) is 7.29. The summed E-state index contributed by atoms with van der Waals surface area (Å²) in [5.74, 6) is 0.707. The van der Waals surface area contributed by atoms with E-state index in [0.717, 1.165) is 57.8 Å². The standard InChI is InChI=1S/C20H22FN3OS/c1-13-17(14-5-7-15(21)8-6-14)18-19(22-12-23-20(18)26-13)24-10-3-2-4-16(24)9-11-25/h5-8,12,16,25H,2-4,9-11H2,1H3. The Morgan fingerprint density at radius 1 is 1.23 bits per heavy atom. The lowest BCUT2D eigenvalue weighted by molar-refractivity contribution is 0.262. The van der Waals surface area contributed by atoms with Crippen LogP contribution >= 0.6 is 11.3 Å². The molecule has 0 saturated carbocycles. The highest BCUT2D eigenvalue weighted by atomic mass is 32.1. The third kappa shape index (κ3) is 3.08. The van der Waals surface area contributed by atoms with Gasteiger partial charge < -0.3 is 10.0 Å². The number of aliphatic hydroxyl groups is 1. The smallest absolute Gasteiger partial charge is 0.141 e. The predicted molar refractivity (Wildman–Crippen MR) is 104 cm³/mol. The van der Waals surface area contributed by atoms with Gasteiger partial charge in [0, 0.05) is 29.6 Å². The summed E-state index contributed by atoms with van der Waals surface area (Å²) < 4.78 is 13.4. The van der Waals surface area contributed by atoms with Crippen LogP contribution in [-0.2, 0) is 0 Å². The normalized spacial score (nSPS) is 17.8. The van der Waals surface area contributed by atoms with Crippen LogP contribution in [0.15, 0.2) is 30.6 Å². The number of hydrogen-bond donors (Lipinski definition) is 1. The van der Waals surface area contributed by atoms with Crippen molar-refractivity contribution < 1.29 is 9.50 Å². The minimum Gasteiger partial charge on any atom is -0.396 e. The van der Waals surface area contributed by atoms with Gasteiger partial charge in [-0.1, -0.05) is 12.1 Å². The van der Waals surface area contributed by atoms with E-state index >= 15 is 0 Å². The molecule has 0 radical (unpaired) electrons. The number of thiophene rings is 1. The van der Waals surface area contributed by atoms with E-state index in [1.54, 1.807) is 17.7 Å². The van der Waals surface area contributed by atoms with Crippen LogP contribution < -0.4 is 4.90 Å². The predicted octanol–water partition coefficient (Wildman–Crippen LogP) is 4.55. The number of aromatic nitrogens is 2. The molecule has 1 atom stereocenters. The molecule has 1 aromatic carbocycles. The van der Waals surface area contributed by atoms with Gasteiger partial charge in [0.15, 0.2) is 0 Å². The molecule has 0 spiro atoms. The number of piperidine rings is 1. The molecule has 1 unspecified atom stereocenters. The molecule has 26 heavy (non-hydrogen) atoms. The molecule has 1 saturated heterocycles. The Kier molecular flexibility index (Phi) is 4.87. The van der Waals surface area contributed by atoms with E-state index < -0.39 is 0 Å². The Morgan fingerprint density at radius 2 is 2.04 bits per heavy atom. The van der Waals surface area contributed by atoms with Gasteiger partial charge in [0.2, 0.25) is 0 Å². The molecule has 4 nitrogen and oxygen atoms in total. The first-order valence-corrected chi connectivity index (χ1v) is 9.88. The van der Waals surface area contributed by atoms with Crippen molar-refractivity contribution in [3.63, 3.8) is 0 Å². The van der Waals surface area contributed by atoms with Crippen molar-refractivity contribution in [2.45, 2.75) is 38.6 Å². The lowest BCUT2D eigenvalue weighted by Gasteiger charge is -2.37. The fourth-order valence-electron chi connectivity index (χ4n) is 3.94. The fraction of sp³-hybridized carbons (Fsp3) is 0.400. The van der Waals surface area contributed by atoms with Crippen molar-refractivity contribution >= 4 is 27.4 Å². The highest BCUT2D eigenvalue weighted by Gasteiger charge is 2.27. The maximum atomic E-state index is 13.4. The zero-order valence-electron chi connectivity index (χ0n) is 14.8. The number of aliphatic hydroxyl groups excluding tert-OH is 1. The minimum absolute atomic E-state index is 0.183. The number of rotatable bonds is 4. The Labute approximate surface area is 156 Å². The average Bonchev–Trinajstić information content (AvgIpc) is 2.99. The molecule has 1 fully saturated rings. The molecule has 2 aromatic heterocycles. The summed E-state index contributed by atoms with van der Waals surface area (Å²) in [5, 5.41) is 10.5. The van der Waals surface area contributed by atoms with Crippen molar-refractivity contribution in [2.75, 3.05) is 18.1 Å². The topological polar surface area (TPSA) is 49.2 Å². The largest absolute Gasteiger partial charge is 0.396 e. The maximum absolute atomic E-state index is 13.4. The number of fused-ring (bicyclic) bond motifs is 1. The van der Waals surface area contributed by atoms with E-state index in [4.69, 9.17) is 0 Å². The molecule has 1 aliphatic heterocycles. The minimum atomic E-state index is -0.235. The summed E-state index contributed by atoms with van der Waals surface area (Å²) in [5.41, 5.74) is 2.08. The summed E-state index contributed by atoms with van der Waals surface area (Å²) in [6.07, 6.45) is 5.76. The van der Waals surface area contributed by atoms with Gasteiger partial charge in [-0.05, 0) is 50.3 Å². The van der Waals surface area contributed by atoms with Gasteiger partial charge in [0.1, 0.15) is 22.8 Å². The summed E-state index contributed by atoms with van der Waals surface area (Å²) >= 11 is 1.65. The molecule has 0 bridgehead atoms. The average molecular weight is 371 g/mol. The van der Waals surface area contributed by atoms with Crippen molar-refractivity contribution in [1.82, 2.24) is 9.97 Å². The van der Waals surface area contributed by atoms with Crippen LogP contribution in [0.4, 0.5) is 10.2 Å². The van der Waals surface area contributed by atoms with Crippen LogP contribution in [0.3, 0.4) is 0 Å². The Bertz CT molecular complexity index is 907. The lowest BCUT2D eigenvalue weighted by Crippen LogP contribution is -2.40. The van der Waals surface area contributed by atoms with Gasteiger partial charge in [0.05, 0.1) is 5.39 Å². The summed E-state index contributed by atoms with van der Waals surface area (Å²) in [6.45, 7) is 3.20. The second-order valence-electron chi connectivity index (χ2n) is 6.77. The third-order valence-electron chi connectivity index (χ3n) is 5.14. The molecule has 0 aliphatic carbocycles.